The van der Waals surface area contributed by atoms with Crippen LogP contribution >= 0.6 is 11.6 Å². The van der Waals surface area contributed by atoms with Crippen molar-refractivity contribution < 1.29 is 18.7 Å². The van der Waals surface area contributed by atoms with Gasteiger partial charge in [-0.2, -0.15) is 4.98 Å². The minimum absolute atomic E-state index is 0.0546. The van der Waals surface area contributed by atoms with Crippen molar-refractivity contribution in [2.24, 2.45) is 11.3 Å². The molecule has 1 aliphatic carbocycles. The Hall–Kier alpha value is -2.05. The van der Waals surface area contributed by atoms with Crippen molar-refractivity contribution in [3.05, 3.63) is 35.0 Å². The Morgan fingerprint density at radius 3 is 2.93 bits per heavy atom. The van der Waals surface area contributed by atoms with Gasteiger partial charge in [0.2, 0.25) is 0 Å². The molecule has 0 saturated carbocycles. The molecule has 0 fully saturated rings. The number of amides is 1. The van der Waals surface area contributed by atoms with E-state index in [0.717, 1.165) is 18.5 Å². The van der Waals surface area contributed by atoms with Crippen LogP contribution in [0.3, 0.4) is 0 Å². The van der Waals surface area contributed by atoms with E-state index in [1.54, 1.807) is 30.2 Å². The van der Waals surface area contributed by atoms with Crippen LogP contribution in [0.2, 0.25) is 5.02 Å². The second kappa shape index (κ2) is 8.53. The highest BCUT2D eigenvalue weighted by atomic mass is 35.5. The highest BCUT2D eigenvalue weighted by Gasteiger charge is 2.30. The average molecular weight is 407 g/mol. The Balaban J connectivity index is 1.72. The molecule has 0 saturated heterocycles. The quantitative estimate of drug-likeness (QED) is 0.668. The van der Waals surface area contributed by atoms with Crippen LogP contribution < -0.4 is 4.74 Å². The Kier molecular flexibility index (Phi) is 6.30. The molecule has 1 unspecified atom stereocenters. The third kappa shape index (κ3) is 5.06. The molecule has 1 heterocycles. The number of hydrogen-bond donors (Lipinski definition) is 0. The van der Waals surface area contributed by atoms with Crippen molar-refractivity contribution in [3.63, 3.8) is 0 Å². The molecular formula is C21H27ClN2O4. The molecule has 0 radical (unpaired) electrons. The van der Waals surface area contributed by atoms with Gasteiger partial charge in [0.15, 0.2) is 12.2 Å². The monoisotopic (exact) mass is 406 g/mol. The first-order chi connectivity index (χ1) is 13.3. The van der Waals surface area contributed by atoms with Crippen molar-refractivity contribution in [1.29, 1.82) is 0 Å². The molecule has 0 spiro atoms. The van der Waals surface area contributed by atoms with Gasteiger partial charge in [-0.15, -0.1) is 0 Å². The second-order valence-electron chi connectivity index (χ2n) is 8.06. The van der Waals surface area contributed by atoms with Gasteiger partial charge in [0.25, 0.3) is 5.91 Å². The van der Waals surface area contributed by atoms with E-state index < -0.39 is 0 Å². The van der Waals surface area contributed by atoms with E-state index in [2.05, 4.69) is 31.8 Å². The molecule has 152 valence electrons. The van der Waals surface area contributed by atoms with E-state index in [1.807, 2.05) is 0 Å². The zero-order valence-electron chi connectivity index (χ0n) is 16.8. The van der Waals surface area contributed by atoms with Gasteiger partial charge in [-0.25, -0.2) is 0 Å². The predicted molar refractivity (Wildman–Crippen MR) is 108 cm³/mol. The number of halogens is 1. The lowest BCUT2D eigenvalue weighted by Crippen LogP contribution is -2.39. The summed E-state index contributed by atoms with van der Waals surface area (Å²) in [6.07, 6.45) is 4.22. The molecule has 28 heavy (non-hydrogen) atoms. The molecule has 1 atom stereocenters. The summed E-state index contributed by atoms with van der Waals surface area (Å²) in [6, 6.07) is 5.14. The van der Waals surface area contributed by atoms with Gasteiger partial charge in [0.1, 0.15) is 5.52 Å². The molecule has 1 aliphatic rings. The molecule has 0 aliphatic heterocycles. The average Bonchev–Trinajstić information content (AvgIpc) is 3.00. The minimum atomic E-state index is -0.156. The van der Waals surface area contributed by atoms with Gasteiger partial charge in [0.05, 0.1) is 6.61 Å². The Morgan fingerprint density at radius 2 is 2.21 bits per heavy atom. The number of aromatic nitrogens is 1. The molecule has 6 nitrogen and oxygen atoms in total. The van der Waals surface area contributed by atoms with E-state index in [0.29, 0.717) is 35.2 Å². The fourth-order valence-electron chi connectivity index (χ4n) is 3.84. The van der Waals surface area contributed by atoms with Gasteiger partial charge < -0.3 is 18.8 Å². The molecule has 3 rings (SSSR count). The maximum atomic E-state index is 12.9. The smallest absolute Gasteiger partial charge is 0.395 e. The number of ether oxygens (including phenoxy) is 2. The van der Waals surface area contributed by atoms with Crippen LogP contribution in [0.15, 0.2) is 34.4 Å². The fourth-order valence-corrected chi connectivity index (χ4v) is 4.00. The number of rotatable bonds is 7. The maximum Gasteiger partial charge on any atom is 0.395 e. The van der Waals surface area contributed by atoms with Crippen molar-refractivity contribution in [1.82, 2.24) is 9.88 Å². The van der Waals surface area contributed by atoms with Crippen LogP contribution in [-0.2, 0) is 9.53 Å². The zero-order valence-corrected chi connectivity index (χ0v) is 17.6. The number of oxazole rings is 1. The summed E-state index contributed by atoms with van der Waals surface area (Å²) in [5.41, 5.74) is 2.24. The lowest BCUT2D eigenvalue weighted by molar-refractivity contribution is -0.132. The summed E-state index contributed by atoms with van der Waals surface area (Å²) in [4.78, 5) is 18.9. The summed E-state index contributed by atoms with van der Waals surface area (Å²) in [5, 5.41) is 0.554. The normalized spacial score (nSPS) is 18.8. The largest absolute Gasteiger partial charge is 0.440 e. The van der Waals surface area contributed by atoms with Crippen LogP contribution in [0, 0.1) is 11.3 Å². The van der Waals surface area contributed by atoms with Gasteiger partial charge in [-0.1, -0.05) is 38.4 Å². The van der Waals surface area contributed by atoms with Crippen molar-refractivity contribution in [2.75, 3.05) is 26.9 Å². The van der Waals surface area contributed by atoms with E-state index in [1.165, 1.54) is 0 Å². The van der Waals surface area contributed by atoms with Crippen molar-refractivity contribution >= 4 is 28.6 Å². The Bertz CT molecular complexity index is 874. The molecule has 0 bridgehead atoms. The SMILES string of the molecule is COCCN(C(=O)COc1nc2ccc(Cl)cc2o1)C1=CC(C)(C)CC(C)C1. The molecule has 2 aromatic rings. The highest BCUT2D eigenvalue weighted by molar-refractivity contribution is 6.31. The summed E-state index contributed by atoms with van der Waals surface area (Å²) < 4.78 is 16.3. The number of hydrogen-bond acceptors (Lipinski definition) is 5. The van der Waals surface area contributed by atoms with Gasteiger partial charge >= 0.3 is 6.08 Å². The second-order valence-corrected chi connectivity index (χ2v) is 8.49. The summed E-state index contributed by atoms with van der Waals surface area (Å²) in [7, 11) is 1.63. The van der Waals surface area contributed by atoms with Crippen LogP contribution in [0.5, 0.6) is 6.08 Å². The summed E-state index contributed by atoms with van der Waals surface area (Å²) in [6.45, 7) is 7.39. The predicted octanol–water partition coefficient (Wildman–Crippen LogP) is 4.68. The number of benzene rings is 1. The molecule has 1 amide bonds. The van der Waals surface area contributed by atoms with Crippen molar-refractivity contribution in [2.45, 2.75) is 33.6 Å². The first-order valence-electron chi connectivity index (χ1n) is 9.47. The van der Waals surface area contributed by atoms with E-state index in [9.17, 15) is 4.79 Å². The van der Waals surface area contributed by atoms with E-state index >= 15 is 0 Å². The maximum absolute atomic E-state index is 12.9. The number of fused-ring (bicyclic) bond motifs is 1. The van der Waals surface area contributed by atoms with Crippen molar-refractivity contribution in [3.8, 4) is 6.08 Å². The fraction of sp³-hybridized carbons (Fsp3) is 0.524. The minimum Gasteiger partial charge on any atom is -0.440 e. The standard InChI is InChI=1S/C21H27ClN2O4/c1-14-9-16(12-21(2,3)11-14)24(7-8-26-4)19(25)13-27-20-23-17-6-5-15(22)10-18(17)28-20/h5-6,10,12,14H,7-9,11,13H2,1-4H3. The lowest BCUT2D eigenvalue weighted by Gasteiger charge is -2.36. The van der Waals surface area contributed by atoms with E-state index in [4.69, 9.17) is 25.5 Å². The summed E-state index contributed by atoms with van der Waals surface area (Å²) >= 11 is 5.96. The number of methoxy groups -OCH3 is 1. The topological polar surface area (TPSA) is 64.8 Å². The first-order valence-corrected chi connectivity index (χ1v) is 9.85. The first kappa shape index (κ1) is 20.7. The van der Waals surface area contributed by atoms with Gasteiger partial charge in [-0.3, -0.25) is 4.79 Å². The number of carbonyl (C=O) groups is 1. The molecular weight excluding hydrogens is 380 g/mol. The highest BCUT2D eigenvalue weighted by Crippen LogP contribution is 2.38. The zero-order chi connectivity index (χ0) is 20.3. The molecule has 7 heteroatoms. The Labute approximate surface area is 170 Å². The van der Waals surface area contributed by atoms with Crippen LogP contribution in [-0.4, -0.2) is 42.7 Å². The van der Waals surface area contributed by atoms with Crippen LogP contribution in [0.1, 0.15) is 33.6 Å². The van der Waals surface area contributed by atoms with Gasteiger partial charge in [0, 0.05) is 30.4 Å². The van der Waals surface area contributed by atoms with Gasteiger partial charge in [-0.05, 0) is 36.3 Å². The number of carbonyl (C=O) groups excluding carboxylic acids is 1. The van der Waals surface area contributed by atoms with E-state index in [-0.39, 0.29) is 24.0 Å². The summed E-state index contributed by atoms with van der Waals surface area (Å²) in [5.74, 6) is 0.365. The Morgan fingerprint density at radius 1 is 1.43 bits per heavy atom. The third-order valence-electron chi connectivity index (χ3n) is 4.81. The third-order valence-corrected chi connectivity index (χ3v) is 5.04. The molecule has 1 aromatic heterocycles. The molecule has 1 aromatic carbocycles. The lowest BCUT2D eigenvalue weighted by atomic mass is 9.76. The number of allylic oxidation sites excluding steroid dienone is 2. The number of nitrogens with zero attached hydrogens (tertiary/aromatic N) is 2. The molecule has 0 N–H and O–H groups in total. The van der Waals surface area contributed by atoms with Crippen LogP contribution in [0.25, 0.3) is 11.1 Å². The van der Waals surface area contributed by atoms with Crippen LogP contribution in [0.4, 0.5) is 0 Å².